The van der Waals surface area contributed by atoms with Crippen LogP contribution in [-0.2, 0) is 5.54 Å². The summed E-state index contributed by atoms with van der Waals surface area (Å²) in [5.74, 6) is 1.19. The Morgan fingerprint density at radius 1 is 1.22 bits per heavy atom. The van der Waals surface area contributed by atoms with Crippen molar-refractivity contribution in [2.24, 2.45) is 5.73 Å². The Kier molecular flexibility index (Phi) is 3.93. The van der Waals surface area contributed by atoms with Crippen molar-refractivity contribution in [3.8, 4) is 11.5 Å². The molecule has 0 saturated heterocycles. The molecule has 3 rings (SSSR count). The first kappa shape index (κ1) is 13.8. The minimum Gasteiger partial charge on any atom is -0.334 e. The Morgan fingerprint density at radius 2 is 1.89 bits per heavy atom. The molecule has 1 aromatic carbocycles. The van der Waals surface area contributed by atoms with E-state index in [4.69, 9.17) is 10.3 Å². The van der Waals surface area contributed by atoms with Gasteiger partial charge in [-0.2, -0.15) is 4.98 Å². The molecule has 0 radical (unpaired) electrons. The van der Waals surface area contributed by atoms with Crippen molar-refractivity contribution < 1.29 is 4.52 Å². The van der Waals surface area contributed by atoms with Crippen LogP contribution >= 0.6 is 35.0 Å². The van der Waals surface area contributed by atoms with Crippen molar-refractivity contribution in [3.63, 3.8) is 0 Å². The Hall–Kier alpha value is -0.660. The van der Waals surface area contributed by atoms with E-state index < -0.39 is 0 Å². The number of benzene rings is 1. The van der Waals surface area contributed by atoms with Crippen LogP contribution in [0.25, 0.3) is 11.5 Å². The first-order valence-corrected chi connectivity index (χ1v) is 6.64. The molecule has 0 aliphatic heterocycles. The highest BCUT2D eigenvalue weighted by molar-refractivity contribution is 14.1. The van der Waals surface area contributed by atoms with E-state index in [-0.39, 0.29) is 17.9 Å². The lowest BCUT2D eigenvalue weighted by Crippen LogP contribution is -2.44. The van der Waals surface area contributed by atoms with E-state index in [9.17, 15) is 0 Å². The average Bonchev–Trinajstić information content (AvgIpc) is 2.76. The highest BCUT2D eigenvalue weighted by Crippen LogP contribution is 2.37. The van der Waals surface area contributed by atoms with Gasteiger partial charge in [-0.3, -0.25) is 0 Å². The van der Waals surface area contributed by atoms with Gasteiger partial charge in [0.25, 0.3) is 5.89 Å². The predicted molar refractivity (Wildman–Crippen MR) is 79.4 cm³/mol. The van der Waals surface area contributed by atoms with Crippen molar-refractivity contribution >= 4 is 35.0 Å². The maximum absolute atomic E-state index is 6.15. The van der Waals surface area contributed by atoms with Gasteiger partial charge in [-0.1, -0.05) is 5.16 Å². The van der Waals surface area contributed by atoms with Gasteiger partial charge in [0, 0.05) is 9.13 Å². The second-order valence-corrected chi connectivity index (χ2v) is 5.69. The fourth-order valence-corrected chi connectivity index (χ4v) is 2.28. The summed E-state index contributed by atoms with van der Waals surface area (Å²) in [7, 11) is 0. The Morgan fingerprint density at radius 3 is 2.44 bits per heavy atom. The number of nitrogens with zero attached hydrogens (tertiary/aromatic N) is 2. The number of aromatic nitrogens is 2. The fourth-order valence-electron chi connectivity index (χ4n) is 1.92. The lowest BCUT2D eigenvalue weighted by Gasteiger charge is -2.34. The highest BCUT2D eigenvalue weighted by atomic mass is 127. The summed E-state index contributed by atoms with van der Waals surface area (Å²) in [5.41, 5.74) is 6.73. The van der Waals surface area contributed by atoms with E-state index in [0.717, 1.165) is 24.8 Å². The number of hydrogen-bond acceptors (Lipinski definition) is 4. The maximum atomic E-state index is 6.15. The van der Waals surface area contributed by atoms with Gasteiger partial charge in [-0.25, -0.2) is 0 Å². The molecule has 0 bridgehead atoms. The van der Waals surface area contributed by atoms with Gasteiger partial charge in [-0.15, -0.1) is 12.4 Å². The Labute approximate surface area is 125 Å². The van der Waals surface area contributed by atoms with E-state index >= 15 is 0 Å². The molecule has 1 aliphatic rings. The van der Waals surface area contributed by atoms with E-state index in [2.05, 4.69) is 32.7 Å². The molecule has 4 nitrogen and oxygen atoms in total. The van der Waals surface area contributed by atoms with Crippen LogP contribution in [0.3, 0.4) is 0 Å². The quantitative estimate of drug-likeness (QED) is 0.817. The third-order valence-electron chi connectivity index (χ3n) is 3.21. The smallest absolute Gasteiger partial charge is 0.257 e. The first-order valence-electron chi connectivity index (χ1n) is 5.56. The summed E-state index contributed by atoms with van der Waals surface area (Å²) in [6.45, 7) is 0. The average molecular weight is 378 g/mol. The molecule has 0 amide bonds. The summed E-state index contributed by atoms with van der Waals surface area (Å²) >= 11 is 2.26. The van der Waals surface area contributed by atoms with Gasteiger partial charge in [0.1, 0.15) is 0 Å². The van der Waals surface area contributed by atoms with Gasteiger partial charge in [0.15, 0.2) is 5.82 Å². The molecule has 18 heavy (non-hydrogen) atoms. The van der Waals surface area contributed by atoms with Crippen molar-refractivity contribution in [2.75, 3.05) is 0 Å². The molecule has 1 aromatic heterocycles. The monoisotopic (exact) mass is 377 g/mol. The third kappa shape index (κ3) is 2.39. The lowest BCUT2D eigenvalue weighted by molar-refractivity contribution is 0.229. The third-order valence-corrected chi connectivity index (χ3v) is 3.93. The van der Waals surface area contributed by atoms with Crippen LogP contribution in [0.5, 0.6) is 0 Å². The van der Waals surface area contributed by atoms with Crippen molar-refractivity contribution in [1.29, 1.82) is 0 Å². The summed E-state index contributed by atoms with van der Waals surface area (Å²) in [4.78, 5) is 4.40. The highest BCUT2D eigenvalue weighted by Gasteiger charge is 2.39. The molecule has 1 heterocycles. The van der Waals surface area contributed by atoms with Gasteiger partial charge >= 0.3 is 0 Å². The van der Waals surface area contributed by atoms with E-state index in [1.54, 1.807) is 0 Å². The zero-order valence-corrected chi connectivity index (χ0v) is 12.6. The van der Waals surface area contributed by atoms with Gasteiger partial charge in [0.2, 0.25) is 0 Å². The van der Waals surface area contributed by atoms with E-state index in [0.29, 0.717) is 11.7 Å². The van der Waals surface area contributed by atoms with Crippen LogP contribution in [0, 0.1) is 3.57 Å². The molecule has 2 N–H and O–H groups in total. The molecule has 1 fully saturated rings. The first-order chi connectivity index (χ1) is 8.17. The van der Waals surface area contributed by atoms with Crippen molar-refractivity contribution in [3.05, 3.63) is 33.7 Å². The summed E-state index contributed by atoms with van der Waals surface area (Å²) in [5, 5.41) is 4.00. The second-order valence-electron chi connectivity index (χ2n) is 4.44. The molecule has 1 aliphatic carbocycles. The van der Waals surface area contributed by atoms with E-state index in [1.165, 1.54) is 3.57 Å². The number of nitrogens with two attached hydrogens (primary N) is 1. The standard InChI is InChI=1S/C12H12IN3O.ClH/c13-9-4-2-8(3-5-9)10-15-11(16-17-10)12(14)6-1-7-12;/h2-5H,1,6-7,14H2;1H. The minimum atomic E-state index is -0.356. The lowest BCUT2D eigenvalue weighted by atomic mass is 9.77. The largest absolute Gasteiger partial charge is 0.334 e. The van der Waals surface area contributed by atoms with Gasteiger partial charge in [0.05, 0.1) is 5.54 Å². The minimum absolute atomic E-state index is 0. The van der Waals surface area contributed by atoms with Crippen LogP contribution in [0.1, 0.15) is 25.1 Å². The van der Waals surface area contributed by atoms with Gasteiger partial charge in [-0.05, 0) is 66.1 Å². The molecular weight excluding hydrogens is 365 g/mol. The van der Waals surface area contributed by atoms with Gasteiger partial charge < -0.3 is 10.3 Å². The normalized spacial score (nSPS) is 16.8. The molecule has 1 saturated carbocycles. The fraction of sp³-hybridized carbons (Fsp3) is 0.333. The number of rotatable bonds is 2. The Balaban J connectivity index is 0.00000120. The molecule has 0 atom stereocenters. The Bertz CT molecular complexity index is 537. The molecule has 0 unspecified atom stereocenters. The SMILES string of the molecule is Cl.NC1(c2noc(-c3ccc(I)cc3)n2)CCC1. The molecule has 0 spiro atoms. The summed E-state index contributed by atoms with van der Waals surface area (Å²) in [6, 6.07) is 7.98. The predicted octanol–water partition coefficient (Wildman–Crippen LogP) is 3.10. The van der Waals surface area contributed by atoms with Crippen LogP contribution in [0.15, 0.2) is 28.8 Å². The molecule has 96 valence electrons. The van der Waals surface area contributed by atoms with E-state index in [1.807, 2.05) is 24.3 Å². The molecule has 6 heteroatoms. The van der Waals surface area contributed by atoms with Crippen LogP contribution in [0.2, 0.25) is 0 Å². The maximum Gasteiger partial charge on any atom is 0.257 e. The van der Waals surface area contributed by atoms with Crippen molar-refractivity contribution in [1.82, 2.24) is 10.1 Å². The van der Waals surface area contributed by atoms with Crippen molar-refractivity contribution in [2.45, 2.75) is 24.8 Å². The summed E-state index contributed by atoms with van der Waals surface area (Å²) < 4.78 is 6.45. The van der Waals surface area contributed by atoms with Crippen LogP contribution in [0.4, 0.5) is 0 Å². The summed E-state index contributed by atoms with van der Waals surface area (Å²) in [6.07, 6.45) is 3.03. The van der Waals surface area contributed by atoms with Crippen LogP contribution in [-0.4, -0.2) is 10.1 Å². The topological polar surface area (TPSA) is 64.9 Å². The van der Waals surface area contributed by atoms with Crippen LogP contribution < -0.4 is 5.73 Å². The zero-order chi connectivity index (χ0) is 11.9. The number of halogens is 2. The zero-order valence-electron chi connectivity index (χ0n) is 9.60. The molecular formula is C12H13ClIN3O. The number of hydrogen-bond donors (Lipinski definition) is 1. The second kappa shape index (κ2) is 5.14. The molecule has 2 aromatic rings.